The minimum absolute atomic E-state index is 0.475. The van der Waals surface area contributed by atoms with Gasteiger partial charge >= 0.3 is 7.32 Å². The standard InChI is InChI=1S/C21H45BO3/c1-19(2)13-7-10-16-23-22(24-17-11-8-14-20(3)4)25-18-12-9-15-21(5)6/h19-21H,7-18H2,1-6H3. The van der Waals surface area contributed by atoms with E-state index in [0.29, 0.717) is 0 Å². The Morgan fingerprint density at radius 3 is 1.00 bits per heavy atom. The molecule has 0 atom stereocenters. The molecule has 0 aliphatic heterocycles. The van der Waals surface area contributed by atoms with Crippen LogP contribution in [0.1, 0.15) is 99.3 Å². The molecule has 0 N–H and O–H groups in total. The molecule has 3 nitrogen and oxygen atoms in total. The Morgan fingerprint density at radius 1 is 0.480 bits per heavy atom. The van der Waals surface area contributed by atoms with Crippen molar-refractivity contribution in [2.75, 3.05) is 19.8 Å². The van der Waals surface area contributed by atoms with Gasteiger partial charge in [-0.15, -0.1) is 0 Å². The highest BCUT2D eigenvalue weighted by atomic mass is 16.7. The summed E-state index contributed by atoms with van der Waals surface area (Å²) in [5.41, 5.74) is 0. The largest absolute Gasteiger partial charge is 0.639 e. The first-order valence-corrected chi connectivity index (χ1v) is 10.8. The molecular weight excluding hydrogens is 311 g/mol. The Bertz CT molecular complexity index is 227. The molecule has 0 fully saturated rings. The van der Waals surface area contributed by atoms with Gasteiger partial charge in [-0.05, 0) is 37.0 Å². The first kappa shape index (κ1) is 24.9. The summed E-state index contributed by atoms with van der Waals surface area (Å²) in [6.45, 7) is 15.8. The lowest BCUT2D eigenvalue weighted by Crippen LogP contribution is -2.29. The fourth-order valence-corrected chi connectivity index (χ4v) is 2.65. The van der Waals surface area contributed by atoms with Crippen molar-refractivity contribution < 1.29 is 14.0 Å². The molecule has 0 saturated carbocycles. The van der Waals surface area contributed by atoms with Crippen LogP contribution in [0, 0.1) is 17.8 Å². The van der Waals surface area contributed by atoms with Crippen LogP contribution in [0.4, 0.5) is 0 Å². The summed E-state index contributed by atoms with van der Waals surface area (Å²) in [6, 6.07) is 0. The highest BCUT2D eigenvalue weighted by molar-refractivity contribution is 6.36. The van der Waals surface area contributed by atoms with Gasteiger partial charge < -0.3 is 14.0 Å². The van der Waals surface area contributed by atoms with Crippen molar-refractivity contribution in [1.82, 2.24) is 0 Å². The van der Waals surface area contributed by atoms with Gasteiger partial charge in [0.15, 0.2) is 0 Å². The maximum atomic E-state index is 5.83. The molecule has 0 bridgehead atoms. The molecule has 0 aromatic heterocycles. The van der Waals surface area contributed by atoms with Crippen molar-refractivity contribution in [3.05, 3.63) is 0 Å². The van der Waals surface area contributed by atoms with Crippen molar-refractivity contribution >= 4 is 7.32 Å². The zero-order valence-corrected chi connectivity index (χ0v) is 18.0. The zero-order valence-electron chi connectivity index (χ0n) is 18.0. The van der Waals surface area contributed by atoms with Gasteiger partial charge in [-0.1, -0.05) is 80.1 Å². The van der Waals surface area contributed by atoms with Crippen LogP contribution >= 0.6 is 0 Å². The Hall–Kier alpha value is -0.0551. The van der Waals surface area contributed by atoms with Gasteiger partial charge in [0.05, 0.1) is 0 Å². The summed E-state index contributed by atoms with van der Waals surface area (Å²) in [7, 11) is -0.475. The van der Waals surface area contributed by atoms with Crippen molar-refractivity contribution in [3.63, 3.8) is 0 Å². The molecule has 25 heavy (non-hydrogen) atoms. The third-order valence-electron chi connectivity index (χ3n) is 4.29. The number of unbranched alkanes of at least 4 members (excludes halogenated alkanes) is 3. The van der Waals surface area contributed by atoms with Crippen molar-refractivity contribution in [3.8, 4) is 0 Å². The third-order valence-corrected chi connectivity index (χ3v) is 4.29. The molecular formula is C21H45BO3. The zero-order chi connectivity index (χ0) is 18.9. The Kier molecular flexibility index (Phi) is 17.3. The SMILES string of the molecule is CC(C)CCCCOB(OCCCCC(C)C)OCCCCC(C)C. The molecule has 0 heterocycles. The molecule has 0 radical (unpaired) electrons. The van der Waals surface area contributed by atoms with Crippen LogP contribution in [0.5, 0.6) is 0 Å². The second-order valence-corrected chi connectivity index (χ2v) is 8.57. The van der Waals surface area contributed by atoms with Gasteiger partial charge in [0.2, 0.25) is 0 Å². The molecule has 4 heteroatoms. The van der Waals surface area contributed by atoms with E-state index in [1.165, 1.54) is 38.5 Å². The van der Waals surface area contributed by atoms with E-state index in [1.807, 2.05) is 0 Å². The van der Waals surface area contributed by atoms with E-state index in [4.69, 9.17) is 14.0 Å². The van der Waals surface area contributed by atoms with Gasteiger partial charge in [-0.3, -0.25) is 0 Å². The second-order valence-electron chi connectivity index (χ2n) is 8.57. The summed E-state index contributed by atoms with van der Waals surface area (Å²) in [6.07, 6.45) is 10.7. The molecule has 0 aromatic rings. The monoisotopic (exact) mass is 356 g/mol. The van der Waals surface area contributed by atoms with Gasteiger partial charge in [-0.25, -0.2) is 0 Å². The molecule has 0 aromatic carbocycles. The highest BCUT2D eigenvalue weighted by Crippen LogP contribution is 2.10. The molecule has 0 unspecified atom stereocenters. The fraction of sp³-hybridized carbons (Fsp3) is 1.00. The molecule has 0 spiro atoms. The minimum atomic E-state index is -0.475. The van der Waals surface area contributed by atoms with Crippen LogP contribution in [0.25, 0.3) is 0 Å². The van der Waals surface area contributed by atoms with E-state index in [-0.39, 0.29) is 0 Å². The third kappa shape index (κ3) is 20.1. The van der Waals surface area contributed by atoms with Crippen LogP contribution in [0.3, 0.4) is 0 Å². The fourth-order valence-electron chi connectivity index (χ4n) is 2.65. The highest BCUT2D eigenvalue weighted by Gasteiger charge is 2.20. The van der Waals surface area contributed by atoms with Crippen LogP contribution in [0.2, 0.25) is 0 Å². The first-order valence-electron chi connectivity index (χ1n) is 10.8. The lowest BCUT2D eigenvalue weighted by Gasteiger charge is -2.15. The second kappa shape index (κ2) is 17.4. The van der Waals surface area contributed by atoms with E-state index in [2.05, 4.69) is 41.5 Å². The smallest absolute Gasteiger partial charge is 0.386 e. The summed E-state index contributed by atoms with van der Waals surface area (Å²) in [4.78, 5) is 0. The predicted octanol–water partition coefficient (Wildman–Crippen LogP) is 6.50. The predicted molar refractivity (Wildman–Crippen MR) is 110 cm³/mol. The Morgan fingerprint density at radius 2 is 0.760 bits per heavy atom. The number of hydrogen-bond donors (Lipinski definition) is 0. The maximum absolute atomic E-state index is 5.83. The molecule has 0 aliphatic carbocycles. The molecule has 0 rings (SSSR count). The van der Waals surface area contributed by atoms with Crippen molar-refractivity contribution in [1.29, 1.82) is 0 Å². The van der Waals surface area contributed by atoms with Gasteiger partial charge in [0.1, 0.15) is 0 Å². The summed E-state index contributed by atoms with van der Waals surface area (Å²) in [5.74, 6) is 2.31. The normalized spacial score (nSPS) is 11.9. The first-order chi connectivity index (χ1) is 11.9. The molecule has 0 aliphatic rings. The van der Waals surface area contributed by atoms with Crippen LogP contribution < -0.4 is 0 Å². The lowest BCUT2D eigenvalue weighted by atomic mass is 10.1. The number of hydrogen-bond acceptors (Lipinski definition) is 3. The summed E-state index contributed by atoms with van der Waals surface area (Å²) in [5, 5.41) is 0. The van der Waals surface area contributed by atoms with E-state index in [9.17, 15) is 0 Å². The molecule has 150 valence electrons. The quantitative estimate of drug-likeness (QED) is 0.207. The number of rotatable bonds is 18. The molecule has 0 amide bonds. The summed E-state index contributed by atoms with van der Waals surface area (Å²) >= 11 is 0. The van der Waals surface area contributed by atoms with Crippen LogP contribution in [0.15, 0.2) is 0 Å². The van der Waals surface area contributed by atoms with Crippen LogP contribution in [-0.4, -0.2) is 27.1 Å². The maximum Gasteiger partial charge on any atom is 0.639 e. The summed E-state index contributed by atoms with van der Waals surface area (Å²) < 4.78 is 17.5. The topological polar surface area (TPSA) is 27.7 Å². The van der Waals surface area contributed by atoms with Crippen LogP contribution in [-0.2, 0) is 14.0 Å². The average molecular weight is 356 g/mol. The van der Waals surface area contributed by atoms with Crippen molar-refractivity contribution in [2.45, 2.75) is 99.3 Å². The van der Waals surface area contributed by atoms with E-state index in [0.717, 1.165) is 56.8 Å². The van der Waals surface area contributed by atoms with E-state index >= 15 is 0 Å². The lowest BCUT2D eigenvalue weighted by molar-refractivity contribution is 0.0881. The van der Waals surface area contributed by atoms with Gasteiger partial charge in [-0.2, -0.15) is 0 Å². The Labute approximate surface area is 158 Å². The average Bonchev–Trinajstić information content (AvgIpc) is 2.52. The molecule has 0 saturated heterocycles. The van der Waals surface area contributed by atoms with Gasteiger partial charge in [0.25, 0.3) is 0 Å². The van der Waals surface area contributed by atoms with E-state index < -0.39 is 7.32 Å². The Balaban J connectivity index is 3.87. The minimum Gasteiger partial charge on any atom is -0.386 e. The van der Waals surface area contributed by atoms with Crippen molar-refractivity contribution in [2.24, 2.45) is 17.8 Å². The van der Waals surface area contributed by atoms with Gasteiger partial charge in [0, 0.05) is 19.8 Å². The van der Waals surface area contributed by atoms with E-state index in [1.54, 1.807) is 0 Å².